The Bertz CT molecular complexity index is 3180. The second-order valence-corrected chi connectivity index (χ2v) is 13.9. The summed E-state index contributed by atoms with van der Waals surface area (Å²) >= 11 is 0. The van der Waals surface area contributed by atoms with Crippen molar-refractivity contribution in [2.24, 2.45) is 0 Å². The van der Waals surface area contributed by atoms with E-state index in [2.05, 4.69) is 150 Å². The minimum Gasteiger partial charge on any atom is -0.456 e. The van der Waals surface area contributed by atoms with Crippen molar-refractivity contribution < 1.29 is 8.83 Å². The van der Waals surface area contributed by atoms with Gasteiger partial charge >= 0.3 is 0 Å². The molecule has 9 aromatic carbocycles. The molecule has 0 aliphatic rings. The normalized spacial score (nSPS) is 11.6. The van der Waals surface area contributed by atoms with Crippen LogP contribution in [0.15, 0.2) is 203 Å². The second kappa shape index (κ2) is 12.6. The lowest BCUT2D eigenvalue weighted by Gasteiger charge is -2.26. The quantitative estimate of drug-likeness (QED) is 0.162. The van der Waals surface area contributed by atoms with Crippen LogP contribution >= 0.6 is 0 Å². The lowest BCUT2D eigenvalue weighted by Crippen LogP contribution is -2.09. The third-order valence-corrected chi connectivity index (χ3v) is 10.7. The van der Waals surface area contributed by atoms with Gasteiger partial charge in [0.2, 0.25) is 5.89 Å². The van der Waals surface area contributed by atoms with Crippen LogP contribution in [0.5, 0.6) is 0 Å². The minimum atomic E-state index is 0.615. The summed E-state index contributed by atoms with van der Waals surface area (Å²) in [4.78, 5) is 7.28. The molecule has 11 aromatic rings. The lowest BCUT2D eigenvalue weighted by molar-refractivity contribution is 0.623. The topological polar surface area (TPSA) is 42.4 Å². The Morgan fingerprint density at radius 2 is 1.04 bits per heavy atom. The monoisotopic (exact) mass is 704 g/mol. The molecule has 0 atom stereocenters. The molecule has 0 amide bonds. The van der Waals surface area contributed by atoms with Gasteiger partial charge in [-0.15, -0.1) is 0 Å². The summed E-state index contributed by atoms with van der Waals surface area (Å²) in [7, 11) is 0. The predicted octanol–water partition coefficient (Wildman–Crippen LogP) is 14.5. The van der Waals surface area contributed by atoms with E-state index in [1.54, 1.807) is 0 Å². The standard InChI is InChI=1S/C51H32N2O2/c1-4-13-33(14-5-1)43-31-36-25-30-45-50(55-51(52-45)35-15-6-2-7-16-35)48(36)44-32-39(28-29-41(43)44)53(37-17-8-3-9-18-37)38-26-23-34(24-27-38)40-20-12-22-47-49(40)42-19-10-11-21-46(42)54-47/h1-32H. The van der Waals surface area contributed by atoms with Crippen molar-refractivity contribution in [3.05, 3.63) is 194 Å². The number of para-hydroxylation sites is 2. The first-order valence-electron chi connectivity index (χ1n) is 18.5. The Morgan fingerprint density at radius 1 is 0.382 bits per heavy atom. The highest BCUT2D eigenvalue weighted by Gasteiger charge is 2.20. The maximum atomic E-state index is 6.67. The van der Waals surface area contributed by atoms with Crippen molar-refractivity contribution in [1.82, 2.24) is 4.98 Å². The molecule has 0 saturated heterocycles. The molecule has 0 unspecified atom stereocenters. The predicted molar refractivity (Wildman–Crippen MR) is 227 cm³/mol. The van der Waals surface area contributed by atoms with E-state index in [0.29, 0.717) is 5.89 Å². The first kappa shape index (κ1) is 31.1. The van der Waals surface area contributed by atoms with E-state index < -0.39 is 0 Å². The van der Waals surface area contributed by atoms with E-state index in [9.17, 15) is 0 Å². The summed E-state index contributed by atoms with van der Waals surface area (Å²) in [6.45, 7) is 0. The van der Waals surface area contributed by atoms with Crippen molar-refractivity contribution >= 4 is 71.6 Å². The number of hydrogen-bond donors (Lipinski definition) is 0. The van der Waals surface area contributed by atoms with Gasteiger partial charge in [0.25, 0.3) is 0 Å². The number of rotatable bonds is 6. The number of oxazole rings is 1. The van der Waals surface area contributed by atoms with Crippen molar-refractivity contribution in [3.8, 4) is 33.7 Å². The maximum absolute atomic E-state index is 6.67. The van der Waals surface area contributed by atoms with Crippen LogP contribution in [-0.4, -0.2) is 4.98 Å². The zero-order chi connectivity index (χ0) is 36.3. The van der Waals surface area contributed by atoms with Gasteiger partial charge in [-0.05, 0) is 111 Å². The van der Waals surface area contributed by atoms with E-state index in [0.717, 1.165) is 88.3 Å². The van der Waals surface area contributed by atoms with Crippen molar-refractivity contribution in [2.45, 2.75) is 0 Å². The van der Waals surface area contributed by atoms with Gasteiger partial charge in [-0.1, -0.05) is 121 Å². The van der Waals surface area contributed by atoms with Crippen LogP contribution in [0.1, 0.15) is 0 Å². The highest BCUT2D eigenvalue weighted by molar-refractivity contribution is 6.22. The molecule has 55 heavy (non-hydrogen) atoms. The molecule has 0 bridgehead atoms. The second-order valence-electron chi connectivity index (χ2n) is 13.9. The molecule has 0 radical (unpaired) electrons. The van der Waals surface area contributed by atoms with Gasteiger partial charge in [0.1, 0.15) is 16.7 Å². The van der Waals surface area contributed by atoms with Crippen molar-refractivity contribution in [2.75, 3.05) is 4.90 Å². The van der Waals surface area contributed by atoms with E-state index >= 15 is 0 Å². The molecular weight excluding hydrogens is 673 g/mol. The first-order chi connectivity index (χ1) is 27.3. The highest BCUT2D eigenvalue weighted by atomic mass is 16.3. The maximum Gasteiger partial charge on any atom is 0.227 e. The van der Waals surface area contributed by atoms with Crippen LogP contribution in [0.25, 0.3) is 88.3 Å². The largest absolute Gasteiger partial charge is 0.456 e. The Kier molecular flexibility index (Phi) is 7.14. The lowest BCUT2D eigenvalue weighted by atomic mass is 9.92. The Balaban J connectivity index is 1.12. The molecule has 0 aliphatic carbocycles. The zero-order valence-electron chi connectivity index (χ0n) is 29.7. The zero-order valence-corrected chi connectivity index (χ0v) is 29.7. The van der Waals surface area contributed by atoms with E-state index in [1.807, 2.05) is 48.5 Å². The molecule has 4 nitrogen and oxygen atoms in total. The summed E-state index contributed by atoms with van der Waals surface area (Å²) in [5.41, 5.74) is 12.2. The highest BCUT2D eigenvalue weighted by Crippen LogP contribution is 2.44. The number of furan rings is 1. The van der Waals surface area contributed by atoms with E-state index in [4.69, 9.17) is 13.8 Å². The van der Waals surface area contributed by atoms with Crippen LogP contribution in [-0.2, 0) is 0 Å². The summed E-state index contributed by atoms with van der Waals surface area (Å²) in [5, 5.41) is 6.66. The molecule has 0 fully saturated rings. The van der Waals surface area contributed by atoms with Gasteiger partial charge in [-0.2, -0.15) is 0 Å². The van der Waals surface area contributed by atoms with Gasteiger partial charge in [0.15, 0.2) is 5.58 Å². The third-order valence-electron chi connectivity index (χ3n) is 10.7. The number of benzene rings is 9. The molecule has 11 rings (SSSR count). The fourth-order valence-electron chi connectivity index (χ4n) is 8.14. The fraction of sp³-hybridized carbons (Fsp3) is 0. The number of aromatic nitrogens is 1. The van der Waals surface area contributed by atoms with Crippen LogP contribution in [0.2, 0.25) is 0 Å². The molecule has 0 N–H and O–H groups in total. The number of anilines is 3. The van der Waals surface area contributed by atoms with Gasteiger partial charge in [0.05, 0.1) is 0 Å². The van der Waals surface area contributed by atoms with Gasteiger partial charge in [-0.25, -0.2) is 4.98 Å². The van der Waals surface area contributed by atoms with E-state index in [-0.39, 0.29) is 0 Å². The van der Waals surface area contributed by atoms with E-state index in [1.165, 1.54) is 11.1 Å². The van der Waals surface area contributed by atoms with Gasteiger partial charge in [-0.3, -0.25) is 0 Å². The molecule has 258 valence electrons. The Morgan fingerprint density at radius 3 is 1.84 bits per heavy atom. The average molecular weight is 705 g/mol. The molecular formula is C51H32N2O2. The number of fused-ring (bicyclic) bond motifs is 8. The summed E-state index contributed by atoms with van der Waals surface area (Å²) in [5.74, 6) is 0.615. The van der Waals surface area contributed by atoms with Gasteiger partial charge < -0.3 is 13.7 Å². The number of hydrogen-bond acceptors (Lipinski definition) is 4. The number of nitrogens with zero attached hydrogens (tertiary/aromatic N) is 2. The first-order valence-corrected chi connectivity index (χ1v) is 18.5. The molecule has 2 heterocycles. The smallest absolute Gasteiger partial charge is 0.227 e. The minimum absolute atomic E-state index is 0.615. The SMILES string of the molecule is c1ccc(-c2nc3ccc4cc(-c5ccccc5)c5ccc(N(c6ccccc6)c6ccc(-c7cccc8oc9ccccc9c78)cc6)cc5c4c3o2)cc1. The fourth-order valence-corrected chi connectivity index (χ4v) is 8.14. The van der Waals surface area contributed by atoms with Crippen LogP contribution in [0.4, 0.5) is 17.1 Å². The van der Waals surface area contributed by atoms with Crippen LogP contribution in [0, 0.1) is 0 Å². The third kappa shape index (κ3) is 5.19. The van der Waals surface area contributed by atoms with Crippen molar-refractivity contribution in [3.63, 3.8) is 0 Å². The van der Waals surface area contributed by atoms with Crippen molar-refractivity contribution in [1.29, 1.82) is 0 Å². The summed E-state index contributed by atoms with van der Waals surface area (Å²) in [6.07, 6.45) is 0. The molecule has 4 heteroatoms. The van der Waals surface area contributed by atoms with Crippen LogP contribution < -0.4 is 4.90 Å². The molecule has 0 saturated carbocycles. The molecule has 0 aliphatic heterocycles. The Hall–Kier alpha value is -7.43. The molecule has 0 spiro atoms. The summed E-state index contributed by atoms with van der Waals surface area (Å²) < 4.78 is 12.9. The average Bonchev–Trinajstić information content (AvgIpc) is 3.87. The summed E-state index contributed by atoms with van der Waals surface area (Å²) in [6, 6.07) is 68.1. The van der Waals surface area contributed by atoms with Crippen LogP contribution in [0.3, 0.4) is 0 Å². The van der Waals surface area contributed by atoms with Gasteiger partial charge in [0, 0.05) is 38.8 Å². The molecule has 2 aromatic heterocycles. The Labute approximate surface area is 317 Å².